The van der Waals surface area contributed by atoms with Crippen molar-refractivity contribution in [1.29, 1.82) is 0 Å². The standard InChI is InChI=1S/C27H29BrCl2N2O6/c1-25(2,3)32-21(34)16-9-8-14-17(19(16)22(32)35)12-26(29)23(36)31(13-28)24(37)27(26,30)20(14)15-6-4-5-7-18(15)38-11-10-33/h4-8,16-17,19-20,33H,9-13H2,1-3H3/t16-,17+,19-,20+,26+,27-/m0/s1. The maximum Gasteiger partial charge on any atom is 0.254 e. The molecule has 0 spiro atoms. The van der Waals surface area contributed by atoms with Crippen LogP contribution in [0.15, 0.2) is 35.9 Å². The highest BCUT2D eigenvalue weighted by molar-refractivity contribution is 9.09. The van der Waals surface area contributed by atoms with Gasteiger partial charge in [-0.05, 0) is 45.6 Å². The summed E-state index contributed by atoms with van der Waals surface area (Å²) in [5.74, 6) is -4.25. The lowest BCUT2D eigenvalue weighted by atomic mass is 9.56. The fourth-order valence-electron chi connectivity index (χ4n) is 6.77. The average Bonchev–Trinajstić information content (AvgIpc) is 3.21. The van der Waals surface area contributed by atoms with E-state index in [1.807, 2.05) is 26.8 Å². The topological polar surface area (TPSA) is 104 Å². The van der Waals surface area contributed by atoms with Crippen LogP contribution in [0.5, 0.6) is 5.75 Å². The summed E-state index contributed by atoms with van der Waals surface area (Å²) in [5, 5.41) is 9.38. The molecule has 0 aromatic heterocycles. The molecule has 204 valence electrons. The lowest BCUT2D eigenvalue weighted by Crippen LogP contribution is -2.60. The van der Waals surface area contributed by atoms with Crippen LogP contribution in [0.3, 0.4) is 0 Å². The number of fused-ring (bicyclic) bond motifs is 4. The Morgan fingerprint density at radius 2 is 1.76 bits per heavy atom. The van der Waals surface area contributed by atoms with Gasteiger partial charge in [-0.2, -0.15) is 0 Å². The van der Waals surface area contributed by atoms with Gasteiger partial charge in [-0.25, -0.2) is 0 Å². The number of carbonyl (C=O) groups excluding carboxylic acids is 4. The molecule has 0 radical (unpaired) electrons. The molecule has 11 heteroatoms. The SMILES string of the molecule is CC(C)(C)N1C(=O)[C@H]2[C@H](CC=C3[C@H]2C[C@@]2(Cl)C(=O)N(CBr)C(=O)[C@@]2(Cl)[C@H]3c2ccccc2OCCO)C1=O. The number of amides is 4. The number of hydrogen-bond donors (Lipinski definition) is 1. The Hall–Kier alpha value is -1.94. The van der Waals surface area contributed by atoms with Crippen LogP contribution in [-0.4, -0.2) is 72.5 Å². The van der Waals surface area contributed by atoms with Crippen molar-refractivity contribution in [3.05, 3.63) is 41.5 Å². The fourth-order valence-corrected chi connectivity index (χ4v) is 8.18. The number of aliphatic hydroxyl groups excluding tert-OH is 1. The molecule has 8 nitrogen and oxygen atoms in total. The number of benzene rings is 1. The summed E-state index contributed by atoms with van der Waals surface area (Å²) >= 11 is 17.7. The normalized spacial score (nSPS) is 34.8. The van der Waals surface area contributed by atoms with Crippen LogP contribution in [-0.2, 0) is 19.2 Å². The number of carbonyl (C=O) groups is 4. The lowest BCUT2D eigenvalue weighted by Gasteiger charge is -2.51. The molecule has 4 aliphatic rings. The minimum atomic E-state index is -1.90. The zero-order valence-electron chi connectivity index (χ0n) is 21.2. The number of halogens is 3. The zero-order chi connectivity index (χ0) is 27.8. The highest BCUT2D eigenvalue weighted by Gasteiger charge is 2.76. The third-order valence-corrected chi connectivity index (χ3v) is 10.2. The third-order valence-electron chi connectivity index (χ3n) is 8.26. The van der Waals surface area contributed by atoms with Gasteiger partial charge >= 0.3 is 0 Å². The first kappa shape index (κ1) is 27.6. The molecule has 38 heavy (non-hydrogen) atoms. The molecule has 1 N–H and O–H groups in total. The Morgan fingerprint density at radius 3 is 2.39 bits per heavy atom. The number of nitrogens with zero attached hydrogens (tertiary/aromatic N) is 2. The van der Waals surface area contributed by atoms with Gasteiger partial charge in [0.05, 0.1) is 23.9 Å². The van der Waals surface area contributed by atoms with Gasteiger partial charge < -0.3 is 9.84 Å². The second kappa shape index (κ2) is 9.32. The molecule has 4 amide bonds. The number of alkyl halides is 3. The molecule has 2 heterocycles. The number of ether oxygens (including phenoxy) is 1. The van der Waals surface area contributed by atoms with Crippen LogP contribution >= 0.6 is 39.1 Å². The predicted octanol–water partition coefficient (Wildman–Crippen LogP) is 3.57. The van der Waals surface area contributed by atoms with E-state index in [0.717, 1.165) is 4.90 Å². The molecular formula is C27H29BrCl2N2O6. The van der Waals surface area contributed by atoms with Crippen LogP contribution in [0.4, 0.5) is 0 Å². The van der Waals surface area contributed by atoms with Gasteiger partial charge in [0.2, 0.25) is 11.8 Å². The number of para-hydroxylation sites is 1. The number of likely N-dealkylation sites (tertiary alicyclic amines) is 2. The minimum absolute atomic E-state index is 0.00610. The molecule has 2 aliphatic carbocycles. The number of allylic oxidation sites excluding steroid dienone is 2. The van der Waals surface area contributed by atoms with Crippen LogP contribution < -0.4 is 4.74 Å². The smallest absolute Gasteiger partial charge is 0.254 e. The van der Waals surface area contributed by atoms with Crippen molar-refractivity contribution in [2.75, 3.05) is 18.7 Å². The van der Waals surface area contributed by atoms with Gasteiger partial charge in [-0.3, -0.25) is 29.0 Å². The van der Waals surface area contributed by atoms with Crippen LogP contribution in [0.2, 0.25) is 0 Å². The van der Waals surface area contributed by atoms with Gasteiger partial charge in [-0.1, -0.05) is 45.8 Å². The molecule has 3 fully saturated rings. The number of aliphatic hydroxyl groups is 1. The van der Waals surface area contributed by atoms with E-state index < -0.39 is 50.8 Å². The molecule has 0 bridgehead atoms. The summed E-state index contributed by atoms with van der Waals surface area (Å²) < 4.78 is 5.82. The summed E-state index contributed by atoms with van der Waals surface area (Å²) in [4.78, 5) is 53.3. The average molecular weight is 628 g/mol. The number of hydrogen-bond acceptors (Lipinski definition) is 6. The Balaban J connectivity index is 1.73. The van der Waals surface area contributed by atoms with Gasteiger partial charge in [0.15, 0.2) is 9.75 Å². The summed E-state index contributed by atoms with van der Waals surface area (Å²) in [6.45, 7) is 5.21. The highest BCUT2D eigenvalue weighted by Crippen LogP contribution is 2.66. The molecule has 1 aromatic carbocycles. The molecule has 5 rings (SSSR count). The number of rotatable bonds is 5. The van der Waals surface area contributed by atoms with Crippen molar-refractivity contribution in [1.82, 2.24) is 9.80 Å². The van der Waals surface area contributed by atoms with Crippen molar-refractivity contribution in [2.45, 2.75) is 54.8 Å². The monoisotopic (exact) mass is 626 g/mol. The largest absolute Gasteiger partial charge is 0.491 e. The van der Waals surface area contributed by atoms with E-state index in [4.69, 9.17) is 27.9 Å². The second-order valence-electron chi connectivity index (χ2n) is 11.3. The first-order valence-corrected chi connectivity index (χ1v) is 14.4. The maximum absolute atomic E-state index is 13.8. The zero-order valence-corrected chi connectivity index (χ0v) is 24.3. The summed E-state index contributed by atoms with van der Waals surface area (Å²) in [7, 11) is 0. The van der Waals surface area contributed by atoms with E-state index in [9.17, 15) is 24.3 Å². The van der Waals surface area contributed by atoms with Crippen LogP contribution in [0, 0.1) is 17.8 Å². The summed E-state index contributed by atoms with van der Waals surface area (Å²) in [5.41, 5.74) is 0.420. The molecule has 6 atom stereocenters. The Morgan fingerprint density at radius 1 is 1.08 bits per heavy atom. The predicted molar refractivity (Wildman–Crippen MR) is 144 cm³/mol. The first-order chi connectivity index (χ1) is 17.8. The van der Waals surface area contributed by atoms with E-state index in [0.29, 0.717) is 23.3 Å². The molecule has 1 aromatic rings. The van der Waals surface area contributed by atoms with E-state index in [-0.39, 0.29) is 36.9 Å². The molecule has 2 aliphatic heterocycles. The van der Waals surface area contributed by atoms with Crippen molar-refractivity contribution < 1.29 is 29.0 Å². The van der Waals surface area contributed by atoms with E-state index >= 15 is 0 Å². The fraction of sp³-hybridized carbons (Fsp3) is 0.556. The van der Waals surface area contributed by atoms with Gasteiger partial charge in [0.25, 0.3) is 11.8 Å². The lowest BCUT2D eigenvalue weighted by molar-refractivity contribution is -0.146. The second-order valence-corrected chi connectivity index (χ2v) is 13.0. The molecule has 2 saturated heterocycles. The Labute approximate surface area is 239 Å². The maximum atomic E-state index is 13.8. The summed E-state index contributed by atoms with van der Waals surface area (Å²) in [6.07, 6.45) is 2.13. The first-order valence-electron chi connectivity index (χ1n) is 12.5. The van der Waals surface area contributed by atoms with Gasteiger partial charge in [0.1, 0.15) is 12.4 Å². The molecule has 0 unspecified atom stereocenters. The summed E-state index contributed by atoms with van der Waals surface area (Å²) in [6, 6.07) is 6.98. The van der Waals surface area contributed by atoms with Crippen LogP contribution in [0.1, 0.15) is 45.1 Å². The molecular weight excluding hydrogens is 599 g/mol. The minimum Gasteiger partial charge on any atom is -0.491 e. The Bertz CT molecular complexity index is 1260. The molecule has 1 saturated carbocycles. The van der Waals surface area contributed by atoms with Crippen LogP contribution in [0.25, 0.3) is 0 Å². The van der Waals surface area contributed by atoms with Gasteiger partial charge in [0, 0.05) is 17.0 Å². The Kier molecular flexibility index (Phi) is 6.77. The van der Waals surface area contributed by atoms with E-state index in [1.54, 1.807) is 24.3 Å². The third kappa shape index (κ3) is 3.57. The van der Waals surface area contributed by atoms with Gasteiger partial charge in [-0.15, -0.1) is 23.2 Å². The van der Waals surface area contributed by atoms with E-state index in [2.05, 4.69) is 15.9 Å². The van der Waals surface area contributed by atoms with Crippen molar-refractivity contribution in [2.24, 2.45) is 17.8 Å². The highest BCUT2D eigenvalue weighted by atomic mass is 79.9. The van der Waals surface area contributed by atoms with Crippen molar-refractivity contribution >= 4 is 62.8 Å². The number of imide groups is 2. The quantitative estimate of drug-likeness (QED) is 0.232. The van der Waals surface area contributed by atoms with Crippen molar-refractivity contribution in [3.63, 3.8) is 0 Å². The van der Waals surface area contributed by atoms with Crippen molar-refractivity contribution in [3.8, 4) is 5.75 Å². The van der Waals surface area contributed by atoms with E-state index in [1.165, 1.54) is 4.90 Å².